The molecule has 0 radical (unpaired) electrons. The van der Waals surface area contributed by atoms with Crippen molar-refractivity contribution < 1.29 is 14.3 Å². The van der Waals surface area contributed by atoms with E-state index < -0.39 is 0 Å². The maximum atomic E-state index is 10.6. The maximum absolute atomic E-state index is 10.6. The van der Waals surface area contributed by atoms with Crippen molar-refractivity contribution in [2.45, 2.75) is 32.6 Å². The number of halogens is 1. The standard InChI is InChI=1S/C14H19BrO3/c1-9(2)12-10(6-5-7-16)8-11(15)13(17-3)14(12)18-4/h7-9H,5-6H2,1-4H3. The number of benzene rings is 1. The summed E-state index contributed by atoms with van der Waals surface area (Å²) in [7, 11) is 3.26. The van der Waals surface area contributed by atoms with Crippen molar-refractivity contribution in [2.75, 3.05) is 14.2 Å². The minimum absolute atomic E-state index is 0.309. The fourth-order valence-corrected chi connectivity index (χ4v) is 2.74. The van der Waals surface area contributed by atoms with E-state index in [9.17, 15) is 4.79 Å². The predicted molar refractivity (Wildman–Crippen MR) is 75.7 cm³/mol. The minimum atomic E-state index is 0.309. The summed E-state index contributed by atoms with van der Waals surface area (Å²) in [6, 6.07) is 2.01. The van der Waals surface area contributed by atoms with Crippen molar-refractivity contribution in [3.05, 3.63) is 21.7 Å². The van der Waals surface area contributed by atoms with Gasteiger partial charge in [-0.25, -0.2) is 0 Å². The first-order valence-corrected chi connectivity index (χ1v) is 6.72. The van der Waals surface area contributed by atoms with Gasteiger partial charge in [0.15, 0.2) is 11.5 Å². The smallest absolute Gasteiger partial charge is 0.175 e. The summed E-state index contributed by atoms with van der Waals surface area (Å²) in [5.41, 5.74) is 2.24. The van der Waals surface area contributed by atoms with Crippen LogP contribution in [0.3, 0.4) is 0 Å². The molecule has 0 aliphatic carbocycles. The molecule has 0 unspecified atom stereocenters. The van der Waals surface area contributed by atoms with Crippen LogP contribution in [0, 0.1) is 0 Å². The molecule has 0 fully saturated rings. The van der Waals surface area contributed by atoms with Gasteiger partial charge in [-0.15, -0.1) is 0 Å². The van der Waals surface area contributed by atoms with Crippen molar-refractivity contribution >= 4 is 22.2 Å². The average Bonchev–Trinajstić information content (AvgIpc) is 2.34. The summed E-state index contributed by atoms with van der Waals surface area (Å²) in [4.78, 5) is 10.6. The molecule has 0 atom stereocenters. The molecule has 1 aromatic rings. The van der Waals surface area contributed by atoms with Gasteiger partial charge < -0.3 is 14.3 Å². The lowest BCUT2D eigenvalue weighted by atomic mass is 9.93. The van der Waals surface area contributed by atoms with Crippen LogP contribution in [0.4, 0.5) is 0 Å². The molecule has 100 valence electrons. The van der Waals surface area contributed by atoms with Gasteiger partial charge >= 0.3 is 0 Å². The lowest BCUT2D eigenvalue weighted by molar-refractivity contribution is -0.107. The molecule has 4 heteroatoms. The van der Waals surface area contributed by atoms with Gasteiger partial charge in [0.2, 0.25) is 0 Å². The number of aryl methyl sites for hydroxylation is 1. The number of methoxy groups -OCH3 is 2. The summed E-state index contributed by atoms with van der Waals surface area (Å²) in [5, 5.41) is 0. The molecule has 18 heavy (non-hydrogen) atoms. The lowest BCUT2D eigenvalue weighted by Crippen LogP contribution is -2.04. The highest BCUT2D eigenvalue weighted by Crippen LogP contribution is 2.43. The van der Waals surface area contributed by atoms with E-state index in [2.05, 4.69) is 29.8 Å². The molecule has 0 saturated heterocycles. The molecule has 0 N–H and O–H groups in total. The van der Waals surface area contributed by atoms with E-state index in [1.54, 1.807) is 14.2 Å². The zero-order chi connectivity index (χ0) is 13.7. The van der Waals surface area contributed by atoms with Crippen molar-refractivity contribution in [2.24, 2.45) is 0 Å². The topological polar surface area (TPSA) is 35.5 Å². The number of carbonyl (C=O) groups excluding carboxylic acids is 1. The Bertz CT molecular complexity index is 428. The second-order valence-electron chi connectivity index (χ2n) is 4.36. The summed E-state index contributed by atoms with van der Waals surface area (Å²) in [5.74, 6) is 1.77. The van der Waals surface area contributed by atoms with Gasteiger partial charge in [-0.1, -0.05) is 13.8 Å². The highest BCUT2D eigenvalue weighted by atomic mass is 79.9. The quantitative estimate of drug-likeness (QED) is 0.751. The van der Waals surface area contributed by atoms with Crippen LogP contribution in [0.5, 0.6) is 11.5 Å². The highest BCUT2D eigenvalue weighted by Gasteiger charge is 2.20. The minimum Gasteiger partial charge on any atom is -0.493 e. The molecule has 0 heterocycles. The van der Waals surface area contributed by atoms with Crippen LogP contribution >= 0.6 is 15.9 Å². The third kappa shape index (κ3) is 3.05. The van der Waals surface area contributed by atoms with E-state index in [1.807, 2.05) is 6.07 Å². The van der Waals surface area contributed by atoms with E-state index >= 15 is 0 Å². The van der Waals surface area contributed by atoms with Crippen LogP contribution in [-0.4, -0.2) is 20.5 Å². The van der Waals surface area contributed by atoms with Gasteiger partial charge in [-0.3, -0.25) is 0 Å². The zero-order valence-corrected chi connectivity index (χ0v) is 12.8. The van der Waals surface area contributed by atoms with Gasteiger partial charge in [0, 0.05) is 12.0 Å². The molecule has 3 nitrogen and oxygen atoms in total. The Hall–Kier alpha value is -1.03. The van der Waals surface area contributed by atoms with Crippen LogP contribution < -0.4 is 9.47 Å². The molecule has 0 spiro atoms. The summed E-state index contributed by atoms with van der Waals surface area (Å²) in [6.07, 6.45) is 2.17. The predicted octanol–water partition coefficient (Wildman–Crippen LogP) is 3.72. The van der Waals surface area contributed by atoms with Crippen LogP contribution in [0.25, 0.3) is 0 Å². The Morgan fingerprint density at radius 3 is 2.33 bits per heavy atom. The van der Waals surface area contributed by atoms with Crippen molar-refractivity contribution in [3.8, 4) is 11.5 Å². The van der Waals surface area contributed by atoms with Gasteiger partial charge in [0.25, 0.3) is 0 Å². The summed E-state index contributed by atoms with van der Waals surface area (Å²) in [6.45, 7) is 4.21. The van der Waals surface area contributed by atoms with Crippen LogP contribution in [-0.2, 0) is 11.2 Å². The van der Waals surface area contributed by atoms with Crippen LogP contribution in [0.15, 0.2) is 10.5 Å². The number of hydrogen-bond acceptors (Lipinski definition) is 3. The van der Waals surface area contributed by atoms with Crippen molar-refractivity contribution in [1.29, 1.82) is 0 Å². The fraction of sp³-hybridized carbons (Fsp3) is 0.500. The number of ether oxygens (including phenoxy) is 2. The molecule has 0 aliphatic heterocycles. The van der Waals surface area contributed by atoms with E-state index in [0.29, 0.717) is 18.1 Å². The van der Waals surface area contributed by atoms with Gasteiger partial charge in [-0.2, -0.15) is 0 Å². The molecule has 0 aliphatic rings. The van der Waals surface area contributed by atoms with E-state index in [1.165, 1.54) is 0 Å². The molecule has 1 rings (SSSR count). The Kier molecular flexibility index (Phi) is 5.66. The molecule has 0 amide bonds. The maximum Gasteiger partial charge on any atom is 0.175 e. The SMILES string of the molecule is COc1c(Br)cc(CCC=O)c(C(C)C)c1OC. The highest BCUT2D eigenvalue weighted by molar-refractivity contribution is 9.10. The van der Waals surface area contributed by atoms with Crippen molar-refractivity contribution in [3.63, 3.8) is 0 Å². The second-order valence-corrected chi connectivity index (χ2v) is 5.21. The Balaban J connectivity index is 3.41. The second kappa shape index (κ2) is 6.78. The van der Waals surface area contributed by atoms with E-state index in [4.69, 9.17) is 9.47 Å². The summed E-state index contributed by atoms with van der Waals surface area (Å²) < 4.78 is 11.7. The normalized spacial score (nSPS) is 10.6. The molecule has 0 saturated carbocycles. The van der Waals surface area contributed by atoms with Crippen LogP contribution in [0.1, 0.15) is 37.3 Å². The fourth-order valence-electron chi connectivity index (χ4n) is 2.12. The van der Waals surface area contributed by atoms with Crippen molar-refractivity contribution in [1.82, 2.24) is 0 Å². The third-order valence-corrected chi connectivity index (χ3v) is 3.42. The molecule has 1 aromatic carbocycles. The first kappa shape index (κ1) is 15.0. The van der Waals surface area contributed by atoms with Gasteiger partial charge in [0.1, 0.15) is 6.29 Å². The monoisotopic (exact) mass is 314 g/mol. The van der Waals surface area contributed by atoms with Gasteiger partial charge in [0.05, 0.1) is 18.7 Å². The average molecular weight is 315 g/mol. The molecular formula is C14H19BrO3. The van der Waals surface area contributed by atoms with E-state index in [0.717, 1.165) is 34.1 Å². The summed E-state index contributed by atoms with van der Waals surface area (Å²) >= 11 is 3.48. The molecule has 0 aromatic heterocycles. The third-order valence-electron chi connectivity index (χ3n) is 2.83. The molecular weight excluding hydrogens is 296 g/mol. The largest absolute Gasteiger partial charge is 0.493 e. The number of carbonyl (C=O) groups is 1. The molecule has 0 bridgehead atoms. The lowest BCUT2D eigenvalue weighted by Gasteiger charge is -2.20. The van der Waals surface area contributed by atoms with Gasteiger partial charge in [-0.05, 0) is 39.9 Å². The zero-order valence-electron chi connectivity index (χ0n) is 11.2. The number of hydrogen-bond donors (Lipinski definition) is 0. The Morgan fingerprint density at radius 2 is 1.89 bits per heavy atom. The van der Waals surface area contributed by atoms with E-state index in [-0.39, 0.29) is 0 Å². The Labute approximate surface area is 117 Å². The Morgan fingerprint density at radius 1 is 1.28 bits per heavy atom. The number of aldehydes is 1. The first-order chi connectivity index (χ1) is 8.56. The first-order valence-electron chi connectivity index (χ1n) is 5.93. The van der Waals surface area contributed by atoms with Crippen LogP contribution in [0.2, 0.25) is 0 Å². The number of rotatable bonds is 6.